The van der Waals surface area contributed by atoms with Crippen molar-refractivity contribution in [2.75, 3.05) is 33.2 Å². The van der Waals surface area contributed by atoms with Gasteiger partial charge in [0.15, 0.2) is 11.5 Å². The van der Waals surface area contributed by atoms with Crippen LogP contribution < -0.4 is 14.2 Å². The predicted octanol–water partition coefficient (Wildman–Crippen LogP) is 7.11. The Bertz CT molecular complexity index is 1680. The van der Waals surface area contributed by atoms with Crippen molar-refractivity contribution in [2.24, 2.45) is 22.9 Å². The van der Waals surface area contributed by atoms with Crippen molar-refractivity contribution in [3.05, 3.63) is 71.8 Å². The van der Waals surface area contributed by atoms with Crippen LogP contribution in [-0.2, 0) is 9.57 Å². The van der Waals surface area contributed by atoms with Gasteiger partial charge in [0.25, 0.3) is 5.91 Å². The summed E-state index contributed by atoms with van der Waals surface area (Å²) in [7, 11) is 0. The Morgan fingerprint density at radius 3 is 2.49 bits per heavy atom. The Balaban J connectivity index is 1.59. The van der Waals surface area contributed by atoms with Crippen molar-refractivity contribution >= 4 is 11.6 Å². The summed E-state index contributed by atoms with van der Waals surface area (Å²) in [5, 5.41) is 35.4. The first kappa shape index (κ1) is 38.7. The number of carbonyl (C=O) groups excluding carboxylic acids is 1. The lowest BCUT2D eigenvalue weighted by Crippen LogP contribution is -2.70. The maximum absolute atomic E-state index is 14.9. The monoisotopic (exact) mass is 732 g/mol. The average molecular weight is 733 g/mol. The van der Waals surface area contributed by atoms with Gasteiger partial charge in [0.2, 0.25) is 12.6 Å². The number of carbonyl (C=O) groups is 1. The minimum atomic E-state index is -1.37. The van der Waals surface area contributed by atoms with Gasteiger partial charge in [-0.3, -0.25) is 4.79 Å². The van der Waals surface area contributed by atoms with Crippen molar-refractivity contribution in [3.63, 3.8) is 0 Å². The Morgan fingerprint density at radius 1 is 1.04 bits per heavy atom. The van der Waals surface area contributed by atoms with Gasteiger partial charge < -0.3 is 44.0 Å². The lowest BCUT2D eigenvalue weighted by molar-refractivity contribution is -0.254. The van der Waals surface area contributed by atoms with E-state index in [-0.39, 0.29) is 56.0 Å². The molecule has 3 N–H and O–H groups in total. The van der Waals surface area contributed by atoms with Crippen LogP contribution in [0, 0.1) is 17.8 Å². The molecule has 0 bridgehead atoms. The van der Waals surface area contributed by atoms with Gasteiger partial charge in [-0.2, -0.15) is 0 Å². The number of aliphatic hydroxyl groups excluding tert-OH is 2. The molecular formula is C42H56N2O9. The molecule has 288 valence electrons. The lowest BCUT2D eigenvalue weighted by Gasteiger charge is -2.60. The minimum Gasteiger partial charge on any atom is -0.508 e. The Kier molecular flexibility index (Phi) is 12.1. The van der Waals surface area contributed by atoms with Crippen molar-refractivity contribution < 1.29 is 43.9 Å². The van der Waals surface area contributed by atoms with Gasteiger partial charge in [-0.25, -0.2) is 0 Å². The minimum absolute atomic E-state index is 0.0675. The first-order valence-corrected chi connectivity index (χ1v) is 19.2. The highest BCUT2D eigenvalue weighted by Crippen LogP contribution is 2.62. The fourth-order valence-corrected chi connectivity index (χ4v) is 8.68. The number of hydrogen-bond donors (Lipinski definition) is 3. The Morgan fingerprint density at radius 2 is 1.77 bits per heavy atom. The summed E-state index contributed by atoms with van der Waals surface area (Å²) >= 11 is 0. The molecule has 0 spiro atoms. The number of ether oxygens (including phenoxy) is 4. The molecule has 0 aromatic heterocycles. The number of aliphatic hydroxyl groups is 2. The molecule has 2 aliphatic carbocycles. The molecule has 2 aliphatic heterocycles. The number of phenols is 1. The molecule has 1 saturated carbocycles. The molecule has 4 aliphatic rings. The fraction of sp³-hybridized carbons (Fsp3) is 0.571. The molecule has 6 unspecified atom stereocenters. The summed E-state index contributed by atoms with van der Waals surface area (Å²) in [6.45, 7) is 12.8. The number of amides is 1. The fourth-order valence-electron chi connectivity index (χ4n) is 8.68. The van der Waals surface area contributed by atoms with E-state index in [4.69, 9.17) is 28.9 Å². The lowest BCUT2D eigenvalue weighted by atomic mass is 9.55. The summed E-state index contributed by atoms with van der Waals surface area (Å²) in [4.78, 5) is 22.9. The second-order valence-corrected chi connectivity index (χ2v) is 15.6. The third-order valence-electron chi connectivity index (χ3n) is 10.8. The topological polar surface area (TPSA) is 140 Å². The van der Waals surface area contributed by atoms with Gasteiger partial charge in [-0.05, 0) is 107 Å². The molecular weight excluding hydrogens is 676 g/mol. The maximum Gasteiger partial charge on any atom is 0.254 e. The van der Waals surface area contributed by atoms with E-state index in [1.54, 1.807) is 42.5 Å². The van der Waals surface area contributed by atoms with Crippen LogP contribution >= 0.6 is 0 Å². The zero-order chi connectivity index (χ0) is 37.8. The number of hydrogen-bond acceptors (Lipinski definition) is 10. The summed E-state index contributed by atoms with van der Waals surface area (Å²) in [6, 6.07) is 9.84. The Hall–Kier alpha value is -4.06. The summed E-state index contributed by atoms with van der Waals surface area (Å²) < 4.78 is 25.4. The van der Waals surface area contributed by atoms with E-state index in [2.05, 4.69) is 12.7 Å². The van der Waals surface area contributed by atoms with E-state index in [1.165, 1.54) is 0 Å². The highest BCUT2D eigenvalue weighted by molar-refractivity contribution is 6.03. The van der Waals surface area contributed by atoms with Crippen LogP contribution in [0.1, 0.15) is 101 Å². The molecule has 11 nitrogen and oxygen atoms in total. The predicted molar refractivity (Wildman–Crippen MR) is 201 cm³/mol. The zero-order valence-corrected chi connectivity index (χ0v) is 31.6. The molecule has 0 radical (unpaired) electrons. The van der Waals surface area contributed by atoms with Crippen LogP contribution in [0.25, 0.3) is 0 Å². The molecule has 2 heterocycles. The highest BCUT2D eigenvalue weighted by Gasteiger charge is 2.65. The molecule has 2 aromatic rings. The van der Waals surface area contributed by atoms with E-state index in [1.807, 2.05) is 32.6 Å². The quantitative estimate of drug-likeness (QED) is 0.0937. The standard InChI is InChI=1S/C42H56N2O9/c1-6-18-44(40(48)28-14-16-35-36(23-28)50-26-49-35)37-25-33(43-53-41(3,4)5)31-22-27(12-8-10-19-45)30(13-9-11-20-46)38-32-24-29(47)15-17-34(32)52-42(37,39(31)38)51-21-7-2/h7,14-17,22-24,27,30,37-39,45-47H,2,6,8-13,18-21,25-26H2,1,3-5H3. The van der Waals surface area contributed by atoms with E-state index in [9.17, 15) is 20.1 Å². The first-order chi connectivity index (χ1) is 25.5. The molecule has 6 atom stereocenters. The molecule has 11 heteroatoms. The second-order valence-electron chi connectivity index (χ2n) is 15.6. The van der Waals surface area contributed by atoms with Crippen LogP contribution in [0.4, 0.5) is 0 Å². The van der Waals surface area contributed by atoms with Crippen LogP contribution in [0.15, 0.2) is 65.9 Å². The van der Waals surface area contributed by atoms with Crippen LogP contribution in [0.2, 0.25) is 0 Å². The van der Waals surface area contributed by atoms with Crippen LogP contribution in [0.3, 0.4) is 0 Å². The molecule has 0 saturated heterocycles. The van der Waals surface area contributed by atoms with Gasteiger partial charge in [0.1, 0.15) is 23.1 Å². The zero-order valence-electron chi connectivity index (χ0n) is 31.6. The van der Waals surface area contributed by atoms with Crippen molar-refractivity contribution in [3.8, 4) is 23.0 Å². The van der Waals surface area contributed by atoms with Gasteiger partial charge in [-0.1, -0.05) is 37.1 Å². The number of phenolic OH excluding ortho intramolecular Hbond substituents is 1. The number of benzene rings is 2. The van der Waals surface area contributed by atoms with E-state index >= 15 is 0 Å². The van der Waals surface area contributed by atoms with Crippen molar-refractivity contribution in [2.45, 2.75) is 102 Å². The molecule has 53 heavy (non-hydrogen) atoms. The third-order valence-corrected chi connectivity index (χ3v) is 10.8. The van der Waals surface area contributed by atoms with Gasteiger partial charge in [0, 0.05) is 43.2 Å². The number of fused-ring (bicyclic) bond motifs is 3. The van der Waals surface area contributed by atoms with Gasteiger partial charge in [0.05, 0.1) is 18.2 Å². The summed E-state index contributed by atoms with van der Waals surface area (Å²) in [5.74, 6) is -0.218. The van der Waals surface area contributed by atoms with Crippen molar-refractivity contribution in [1.82, 2.24) is 4.90 Å². The summed E-state index contributed by atoms with van der Waals surface area (Å²) in [5.41, 5.74) is 2.43. The van der Waals surface area contributed by atoms with Crippen molar-refractivity contribution in [1.29, 1.82) is 0 Å². The number of rotatable bonds is 16. The Labute approximate surface area is 313 Å². The summed E-state index contributed by atoms with van der Waals surface area (Å²) in [6.07, 6.45) is 9.64. The second kappa shape index (κ2) is 16.5. The van der Waals surface area contributed by atoms with Crippen LogP contribution in [0.5, 0.6) is 23.0 Å². The largest absolute Gasteiger partial charge is 0.508 e. The first-order valence-electron chi connectivity index (χ1n) is 19.2. The molecule has 1 fully saturated rings. The molecule has 6 rings (SSSR count). The number of unbranched alkanes of at least 4 members (excludes halogenated alkanes) is 2. The normalized spacial score (nSPS) is 26.3. The van der Waals surface area contributed by atoms with Gasteiger partial charge >= 0.3 is 0 Å². The number of allylic oxidation sites excluding steroid dienone is 1. The average Bonchev–Trinajstić information content (AvgIpc) is 3.61. The number of nitrogens with zero attached hydrogens (tertiary/aromatic N) is 2. The van der Waals surface area contributed by atoms with E-state index in [0.717, 1.165) is 42.5 Å². The van der Waals surface area contributed by atoms with E-state index < -0.39 is 23.3 Å². The SMILES string of the molecule is C=CCOC12Oc3ccc(O)cc3C3C(CCCCO)C(CCCCO)C=C(C(=NOC(C)(C)C)CC1N(CCC)C(=O)c1ccc4c(c1)OCO4)C32. The number of oxime groups is 1. The third kappa shape index (κ3) is 7.93. The van der Waals surface area contributed by atoms with E-state index in [0.29, 0.717) is 55.0 Å². The highest BCUT2D eigenvalue weighted by atomic mass is 16.7. The van der Waals surface area contributed by atoms with Gasteiger partial charge in [-0.15, -0.1) is 6.58 Å². The molecule has 1 amide bonds. The smallest absolute Gasteiger partial charge is 0.254 e. The maximum atomic E-state index is 14.9. The molecule has 2 aromatic carbocycles. The van der Waals surface area contributed by atoms with Crippen LogP contribution in [-0.4, -0.2) is 82.4 Å². The number of aromatic hydroxyl groups is 1.